The quantitative estimate of drug-likeness (QED) is 0.590. The van der Waals surface area contributed by atoms with E-state index in [2.05, 4.69) is 16.6 Å². The maximum atomic E-state index is 12.7. The topological polar surface area (TPSA) is 48.8 Å². The standard InChI is InChI=1S/C18H18N4OS2/c1-4-10-22-16(23)15(25-18(22)20-17-19-9-11-24-17)12-13-5-7-14(8-6-13)21(2)3/h4-9,11-12H,1,10H2,2-3H3/b15-12-,20-18+. The molecule has 0 spiro atoms. The lowest BCUT2D eigenvalue weighted by Gasteiger charge is -2.12. The van der Waals surface area contributed by atoms with Crippen molar-refractivity contribution in [2.75, 3.05) is 25.5 Å². The van der Waals surface area contributed by atoms with E-state index in [4.69, 9.17) is 0 Å². The largest absolute Gasteiger partial charge is 0.378 e. The summed E-state index contributed by atoms with van der Waals surface area (Å²) >= 11 is 2.81. The molecule has 0 saturated carbocycles. The van der Waals surface area contributed by atoms with E-state index in [0.29, 0.717) is 21.7 Å². The van der Waals surface area contributed by atoms with Crippen LogP contribution in [0, 0.1) is 0 Å². The second-order valence-electron chi connectivity index (χ2n) is 5.51. The van der Waals surface area contributed by atoms with Crippen LogP contribution in [0.3, 0.4) is 0 Å². The monoisotopic (exact) mass is 370 g/mol. The van der Waals surface area contributed by atoms with Gasteiger partial charge < -0.3 is 4.90 Å². The highest BCUT2D eigenvalue weighted by molar-refractivity contribution is 8.18. The van der Waals surface area contributed by atoms with Crippen LogP contribution in [0.25, 0.3) is 6.08 Å². The van der Waals surface area contributed by atoms with Gasteiger partial charge in [0.2, 0.25) is 5.13 Å². The number of amidine groups is 1. The van der Waals surface area contributed by atoms with Crippen LogP contribution in [0.5, 0.6) is 0 Å². The summed E-state index contributed by atoms with van der Waals surface area (Å²) in [7, 11) is 4.00. The van der Waals surface area contributed by atoms with Crippen molar-refractivity contribution < 1.29 is 4.79 Å². The van der Waals surface area contributed by atoms with Gasteiger partial charge in [0.1, 0.15) is 0 Å². The van der Waals surface area contributed by atoms with E-state index in [1.165, 1.54) is 23.1 Å². The maximum absolute atomic E-state index is 12.7. The summed E-state index contributed by atoms with van der Waals surface area (Å²) in [6.07, 6.45) is 5.30. The molecule has 1 saturated heterocycles. The fraction of sp³-hybridized carbons (Fsp3) is 0.167. The van der Waals surface area contributed by atoms with Crippen LogP contribution >= 0.6 is 23.1 Å². The number of thioether (sulfide) groups is 1. The zero-order valence-corrected chi connectivity index (χ0v) is 15.7. The van der Waals surface area contributed by atoms with Crippen molar-refractivity contribution >= 4 is 51.1 Å². The molecule has 0 radical (unpaired) electrons. The van der Waals surface area contributed by atoms with E-state index >= 15 is 0 Å². The minimum absolute atomic E-state index is 0.0584. The minimum Gasteiger partial charge on any atom is -0.378 e. The molecule has 5 nitrogen and oxygen atoms in total. The molecule has 1 aromatic carbocycles. The van der Waals surface area contributed by atoms with Crippen molar-refractivity contribution in [2.24, 2.45) is 4.99 Å². The number of nitrogens with zero attached hydrogens (tertiary/aromatic N) is 4. The number of hydrogen-bond donors (Lipinski definition) is 0. The van der Waals surface area contributed by atoms with Crippen LogP contribution in [0.4, 0.5) is 10.8 Å². The Hall–Kier alpha value is -2.38. The van der Waals surface area contributed by atoms with Crippen LogP contribution in [0.2, 0.25) is 0 Å². The van der Waals surface area contributed by atoms with Gasteiger partial charge in [0, 0.05) is 37.9 Å². The lowest BCUT2D eigenvalue weighted by atomic mass is 10.2. The molecule has 128 valence electrons. The smallest absolute Gasteiger partial charge is 0.267 e. The molecular formula is C18H18N4OS2. The molecular weight excluding hydrogens is 352 g/mol. The van der Waals surface area contributed by atoms with Crippen molar-refractivity contribution in [2.45, 2.75) is 0 Å². The highest BCUT2D eigenvalue weighted by atomic mass is 32.2. The van der Waals surface area contributed by atoms with Crippen molar-refractivity contribution in [1.29, 1.82) is 0 Å². The molecule has 0 unspecified atom stereocenters. The van der Waals surface area contributed by atoms with Crippen molar-refractivity contribution in [3.63, 3.8) is 0 Å². The van der Waals surface area contributed by atoms with Gasteiger partial charge in [0.15, 0.2) is 5.17 Å². The number of anilines is 1. The molecule has 0 N–H and O–H groups in total. The van der Waals surface area contributed by atoms with E-state index in [1.54, 1.807) is 17.2 Å². The predicted molar refractivity (Wildman–Crippen MR) is 107 cm³/mol. The number of amides is 1. The zero-order valence-electron chi connectivity index (χ0n) is 14.0. The molecule has 7 heteroatoms. The summed E-state index contributed by atoms with van der Waals surface area (Å²) in [4.78, 5) is 25.7. The Kier molecular flexibility index (Phi) is 5.35. The molecule has 2 heterocycles. The van der Waals surface area contributed by atoms with E-state index in [0.717, 1.165) is 11.3 Å². The lowest BCUT2D eigenvalue weighted by molar-refractivity contribution is -0.121. The maximum Gasteiger partial charge on any atom is 0.267 e. The fourth-order valence-corrected chi connectivity index (χ4v) is 3.81. The SMILES string of the molecule is C=CCN1C(=O)/C(=C/c2ccc(N(C)C)cc2)S/C1=N/c1nccs1. The zero-order chi connectivity index (χ0) is 17.8. The van der Waals surface area contributed by atoms with Crippen molar-refractivity contribution in [3.8, 4) is 0 Å². The first-order valence-corrected chi connectivity index (χ1v) is 9.36. The van der Waals surface area contributed by atoms with Crippen LogP contribution in [0.1, 0.15) is 5.56 Å². The third kappa shape index (κ3) is 4.00. The highest BCUT2D eigenvalue weighted by Crippen LogP contribution is 2.34. The molecule has 2 aromatic rings. The fourth-order valence-electron chi connectivity index (χ4n) is 2.25. The number of thiazole rings is 1. The number of aromatic nitrogens is 1. The lowest BCUT2D eigenvalue weighted by Crippen LogP contribution is -2.29. The van der Waals surface area contributed by atoms with Crippen molar-refractivity contribution in [3.05, 3.63) is 59.0 Å². The Balaban J connectivity index is 1.89. The second-order valence-corrected chi connectivity index (χ2v) is 7.39. The minimum atomic E-state index is -0.0584. The molecule has 0 bridgehead atoms. The van der Waals surface area contributed by atoms with Gasteiger partial charge in [-0.3, -0.25) is 9.69 Å². The first kappa shape index (κ1) is 17.4. The first-order chi connectivity index (χ1) is 12.1. The summed E-state index contributed by atoms with van der Waals surface area (Å²) in [5, 5.41) is 3.14. The van der Waals surface area contributed by atoms with E-state index in [1.807, 2.05) is 54.7 Å². The third-order valence-electron chi connectivity index (χ3n) is 3.52. The van der Waals surface area contributed by atoms with Gasteiger partial charge in [0.25, 0.3) is 5.91 Å². The van der Waals surface area contributed by atoms with E-state index in [-0.39, 0.29) is 5.91 Å². The molecule has 1 aliphatic heterocycles. The number of carbonyl (C=O) groups excluding carboxylic acids is 1. The highest BCUT2D eigenvalue weighted by Gasteiger charge is 2.32. The first-order valence-electron chi connectivity index (χ1n) is 7.66. The number of benzene rings is 1. The third-order valence-corrected chi connectivity index (χ3v) is 5.19. The average Bonchev–Trinajstić information content (AvgIpc) is 3.20. The van der Waals surface area contributed by atoms with Gasteiger partial charge >= 0.3 is 0 Å². The average molecular weight is 371 g/mol. The Morgan fingerprint density at radius 2 is 2.08 bits per heavy atom. The number of carbonyl (C=O) groups is 1. The summed E-state index contributed by atoms with van der Waals surface area (Å²) in [6, 6.07) is 8.07. The van der Waals surface area contributed by atoms with Gasteiger partial charge in [-0.25, -0.2) is 4.98 Å². The summed E-state index contributed by atoms with van der Waals surface area (Å²) in [5.41, 5.74) is 2.10. The van der Waals surface area contributed by atoms with Gasteiger partial charge in [-0.05, 0) is 35.5 Å². The molecule has 3 rings (SSSR count). The van der Waals surface area contributed by atoms with Gasteiger partial charge in [0.05, 0.1) is 4.91 Å². The molecule has 0 aliphatic carbocycles. The Morgan fingerprint density at radius 3 is 2.68 bits per heavy atom. The molecule has 1 fully saturated rings. The van der Waals surface area contributed by atoms with E-state index in [9.17, 15) is 4.79 Å². The molecule has 1 amide bonds. The molecule has 0 atom stereocenters. The number of rotatable bonds is 5. The normalized spacial score (nSPS) is 17.5. The molecule has 1 aromatic heterocycles. The van der Waals surface area contributed by atoms with Crippen LogP contribution in [0.15, 0.2) is 58.4 Å². The molecule has 1 aliphatic rings. The Morgan fingerprint density at radius 1 is 1.32 bits per heavy atom. The second kappa shape index (κ2) is 7.67. The predicted octanol–water partition coefficient (Wildman–Crippen LogP) is 4.00. The number of aliphatic imine (C=N–C) groups is 1. The van der Waals surface area contributed by atoms with Crippen LogP contribution in [-0.4, -0.2) is 41.6 Å². The van der Waals surface area contributed by atoms with Crippen molar-refractivity contribution in [1.82, 2.24) is 9.88 Å². The summed E-state index contributed by atoms with van der Waals surface area (Å²) in [5.74, 6) is -0.0584. The van der Waals surface area contributed by atoms with Crippen LogP contribution < -0.4 is 4.90 Å². The summed E-state index contributed by atoms with van der Waals surface area (Å²) < 4.78 is 0. The Labute approximate surface area is 155 Å². The van der Waals surface area contributed by atoms with Crippen LogP contribution in [-0.2, 0) is 4.79 Å². The van der Waals surface area contributed by atoms with Gasteiger partial charge in [-0.15, -0.1) is 17.9 Å². The molecule has 25 heavy (non-hydrogen) atoms. The number of hydrogen-bond acceptors (Lipinski definition) is 6. The summed E-state index contributed by atoms with van der Waals surface area (Å²) in [6.45, 7) is 4.15. The van der Waals surface area contributed by atoms with Gasteiger partial charge in [-0.2, -0.15) is 4.99 Å². The Bertz CT molecular complexity index is 823. The van der Waals surface area contributed by atoms with E-state index < -0.39 is 0 Å². The van der Waals surface area contributed by atoms with Gasteiger partial charge in [-0.1, -0.05) is 18.2 Å².